The van der Waals surface area contributed by atoms with E-state index in [0.717, 1.165) is 16.7 Å². The molecule has 3 nitrogen and oxygen atoms in total. The number of anilines is 1. The van der Waals surface area contributed by atoms with Gasteiger partial charge in [0.05, 0.1) is 17.1 Å². The molecule has 146 valence electrons. The van der Waals surface area contributed by atoms with Gasteiger partial charge in [0.25, 0.3) is 10.0 Å². The second kappa shape index (κ2) is 8.16. The van der Waals surface area contributed by atoms with Gasteiger partial charge in [-0.2, -0.15) is 0 Å². The molecule has 0 aliphatic heterocycles. The lowest BCUT2D eigenvalue weighted by molar-refractivity contribution is 0.590. The number of hydrogen-bond donors (Lipinski definition) is 0. The summed E-state index contributed by atoms with van der Waals surface area (Å²) in [4.78, 5) is 0.240. The molecule has 0 fully saturated rings. The van der Waals surface area contributed by atoms with Crippen LogP contribution >= 0.6 is 23.2 Å². The second-order valence-corrected chi connectivity index (χ2v) is 9.56. The van der Waals surface area contributed by atoms with E-state index in [2.05, 4.69) is 0 Å². The predicted octanol–water partition coefficient (Wildman–Crippen LogP) is 6.31. The van der Waals surface area contributed by atoms with Crippen molar-refractivity contribution in [3.8, 4) is 0 Å². The van der Waals surface area contributed by atoms with Crippen molar-refractivity contribution in [1.82, 2.24) is 0 Å². The number of halogens is 2. The van der Waals surface area contributed by atoms with Crippen LogP contribution in [0, 0.1) is 20.8 Å². The predicted molar refractivity (Wildman–Crippen MR) is 117 cm³/mol. The highest BCUT2D eigenvalue weighted by Crippen LogP contribution is 2.32. The summed E-state index contributed by atoms with van der Waals surface area (Å²) in [6.45, 7) is 5.87. The molecule has 0 amide bonds. The van der Waals surface area contributed by atoms with Crippen LogP contribution in [0.15, 0.2) is 65.6 Å². The molecule has 3 aromatic carbocycles. The van der Waals surface area contributed by atoms with Crippen LogP contribution in [-0.2, 0) is 16.6 Å². The molecule has 0 saturated carbocycles. The molecule has 3 rings (SSSR count). The quantitative estimate of drug-likeness (QED) is 0.472. The number of benzene rings is 3. The Kier molecular flexibility index (Phi) is 6.04. The van der Waals surface area contributed by atoms with Crippen LogP contribution in [0.5, 0.6) is 0 Å². The van der Waals surface area contributed by atoms with E-state index < -0.39 is 10.0 Å². The minimum atomic E-state index is -3.79. The molecule has 0 atom stereocenters. The van der Waals surface area contributed by atoms with Gasteiger partial charge in [-0.3, -0.25) is 4.31 Å². The van der Waals surface area contributed by atoms with E-state index >= 15 is 0 Å². The van der Waals surface area contributed by atoms with Crippen LogP contribution in [-0.4, -0.2) is 8.42 Å². The summed E-state index contributed by atoms with van der Waals surface area (Å²) in [5.41, 5.74) is 4.16. The lowest BCUT2D eigenvalue weighted by Crippen LogP contribution is -2.31. The molecular formula is C22H21Cl2NO2S. The van der Waals surface area contributed by atoms with Gasteiger partial charge >= 0.3 is 0 Å². The van der Waals surface area contributed by atoms with Gasteiger partial charge in [0.1, 0.15) is 0 Å². The third-order valence-corrected chi connectivity index (χ3v) is 6.93. The van der Waals surface area contributed by atoms with Crippen LogP contribution in [0.4, 0.5) is 5.69 Å². The molecule has 0 unspecified atom stereocenters. The maximum atomic E-state index is 13.5. The van der Waals surface area contributed by atoms with Gasteiger partial charge in [-0.1, -0.05) is 59.1 Å². The Morgan fingerprint density at radius 2 is 1.46 bits per heavy atom. The minimum Gasteiger partial charge on any atom is -0.262 e. The molecule has 0 aromatic heterocycles. The van der Waals surface area contributed by atoms with Crippen molar-refractivity contribution in [2.75, 3.05) is 4.31 Å². The average molecular weight is 434 g/mol. The first-order valence-corrected chi connectivity index (χ1v) is 11.0. The molecule has 0 aliphatic rings. The molecule has 0 saturated heterocycles. The number of aryl methyl sites for hydroxylation is 3. The highest BCUT2D eigenvalue weighted by atomic mass is 35.5. The molecule has 0 bridgehead atoms. The Hall–Kier alpha value is -2.01. The fraction of sp³-hybridized carbons (Fsp3) is 0.182. The van der Waals surface area contributed by atoms with Crippen molar-refractivity contribution in [3.05, 3.63) is 93.0 Å². The van der Waals surface area contributed by atoms with Crippen molar-refractivity contribution < 1.29 is 8.42 Å². The molecule has 3 aromatic rings. The fourth-order valence-corrected chi connectivity index (χ4v) is 4.90. The summed E-state index contributed by atoms with van der Waals surface area (Å²) in [5, 5.41) is 0.940. The summed E-state index contributed by atoms with van der Waals surface area (Å²) < 4.78 is 28.5. The van der Waals surface area contributed by atoms with Gasteiger partial charge in [-0.25, -0.2) is 8.42 Å². The standard InChI is InChI=1S/C22H21Cl2NO2S/c1-15-5-10-20(11-6-15)28(26,27)25(22-12-16(2)4-7-17(22)3)14-18-8-9-19(23)13-21(18)24/h4-13H,14H2,1-3H3. The number of hydrogen-bond acceptors (Lipinski definition) is 2. The van der Waals surface area contributed by atoms with Crippen LogP contribution < -0.4 is 4.31 Å². The van der Waals surface area contributed by atoms with Gasteiger partial charge in [-0.15, -0.1) is 0 Å². The fourth-order valence-electron chi connectivity index (χ4n) is 2.93. The number of rotatable bonds is 5. The van der Waals surface area contributed by atoms with Crippen molar-refractivity contribution in [2.45, 2.75) is 32.2 Å². The average Bonchev–Trinajstić information content (AvgIpc) is 2.63. The van der Waals surface area contributed by atoms with E-state index in [4.69, 9.17) is 23.2 Å². The lowest BCUT2D eigenvalue weighted by atomic mass is 10.1. The Morgan fingerprint density at radius 1 is 0.821 bits per heavy atom. The van der Waals surface area contributed by atoms with Gasteiger partial charge < -0.3 is 0 Å². The first kappa shape index (κ1) is 20.7. The van der Waals surface area contributed by atoms with Gasteiger partial charge in [0.2, 0.25) is 0 Å². The first-order chi connectivity index (χ1) is 13.2. The summed E-state index contributed by atoms with van der Waals surface area (Å²) in [5.74, 6) is 0. The molecule has 0 spiro atoms. The maximum absolute atomic E-state index is 13.5. The van der Waals surface area contributed by atoms with E-state index in [9.17, 15) is 8.42 Å². The summed E-state index contributed by atoms with van der Waals surface area (Å²) in [7, 11) is -3.79. The zero-order valence-corrected chi connectivity index (χ0v) is 18.2. The van der Waals surface area contributed by atoms with E-state index in [1.54, 1.807) is 42.5 Å². The van der Waals surface area contributed by atoms with Crippen LogP contribution in [0.25, 0.3) is 0 Å². The molecule has 0 aliphatic carbocycles. The topological polar surface area (TPSA) is 37.4 Å². The number of sulfonamides is 1. The second-order valence-electron chi connectivity index (χ2n) is 6.85. The third-order valence-electron chi connectivity index (χ3n) is 4.57. The van der Waals surface area contributed by atoms with Crippen molar-refractivity contribution in [1.29, 1.82) is 0 Å². The third kappa shape index (κ3) is 4.35. The Labute approximate surface area is 176 Å². The highest BCUT2D eigenvalue weighted by molar-refractivity contribution is 7.92. The molecular weight excluding hydrogens is 413 g/mol. The summed E-state index contributed by atoms with van der Waals surface area (Å²) in [6, 6.07) is 17.7. The van der Waals surface area contributed by atoms with Crippen molar-refractivity contribution >= 4 is 38.9 Å². The van der Waals surface area contributed by atoms with E-state index in [0.29, 0.717) is 21.3 Å². The first-order valence-electron chi connectivity index (χ1n) is 8.79. The molecule has 0 N–H and O–H groups in total. The van der Waals surface area contributed by atoms with Gasteiger partial charge in [-0.05, 0) is 67.8 Å². The van der Waals surface area contributed by atoms with Gasteiger partial charge in [0.15, 0.2) is 0 Å². The lowest BCUT2D eigenvalue weighted by Gasteiger charge is -2.27. The monoisotopic (exact) mass is 433 g/mol. The Balaban J connectivity index is 2.16. The van der Waals surface area contributed by atoms with Crippen LogP contribution in [0.1, 0.15) is 22.3 Å². The molecule has 0 radical (unpaired) electrons. The summed E-state index contributed by atoms with van der Waals surface area (Å²) >= 11 is 12.3. The highest BCUT2D eigenvalue weighted by Gasteiger charge is 2.27. The van der Waals surface area contributed by atoms with E-state index in [1.165, 1.54) is 4.31 Å². The normalized spacial score (nSPS) is 11.5. The van der Waals surface area contributed by atoms with Crippen LogP contribution in [0.2, 0.25) is 10.0 Å². The zero-order valence-electron chi connectivity index (χ0n) is 15.9. The molecule has 6 heteroatoms. The maximum Gasteiger partial charge on any atom is 0.264 e. The molecule has 0 heterocycles. The van der Waals surface area contributed by atoms with Crippen LogP contribution in [0.3, 0.4) is 0 Å². The summed E-state index contributed by atoms with van der Waals surface area (Å²) in [6.07, 6.45) is 0. The largest absolute Gasteiger partial charge is 0.264 e. The minimum absolute atomic E-state index is 0.108. The Morgan fingerprint density at radius 3 is 2.11 bits per heavy atom. The van der Waals surface area contributed by atoms with Crippen molar-refractivity contribution in [3.63, 3.8) is 0 Å². The SMILES string of the molecule is Cc1ccc(S(=O)(=O)N(Cc2ccc(Cl)cc2Cl)c2cc(C)ccc2C)cc1. The Bertz CT molecular complexity index is 1110. The smallest absolute Gasteiger partial charge is 0.262 e. The van der Waals surface area contributed by atoms with E-state index in [1.807, 2.05) is 39.0 Å². The molecule has 28 heavy (non-hydrogen) atoms. The van der Waals surface area contributed by atoms with Crippen molar-refractivity contribution in [2.24, 2.45) is 0 Å². The van der Waals surface area contributed by atoms with E-state index in [-0.39, 0.29) is 11.4 Å². The number of nitrogens with zero attached hydrogens (tertiary/aromatic N) is 1. The zero-order chi connectivity index (χ0) is 20.5. The van der Waals surface area contributed by atoms with Gasteiger partial charge in [0, 0.05) is 10.0 Å².